The lowest BCUT2D eigenvalue weighted by molar-refractivity contribution is 0.0657. The fraction of sp³-hybridized carbons (Fsp3) is 0.545. The first kappa shape index (κ1) is 25.4. The minimum atomic E-state index is 0. The maximum absolute atomic E-state index is 5.63. The Balaban J connectivity index is 0.00000420. The average Bonchev–Trinajstić information content (AvgIpc) is 3.17. The zero-order valence-corrected chi connectivity index (χ0v) is 20.5. The van der Waals surface area contributed by atoms with Crippen molar-refractivity contribution in [3.8, 4) is 0 Å². The monoisotopic (exact) mass is 514 g/mol. The first-order valence-electron chi connectivity index (χ1n) is 10.1. The number of hydrogen-bond donors (Lipinski definition) is 2. The molecule has 0 amide bonds. The quantitative estimate of drug-likeness (QED) is 0.266. The normalized spacial score (nSPS) is 11.6. The molecule has 6 nitrogen and oxygen atoms in total. The molecule has 1 aromatic carbocycles. The van der Waals surface area contributed by atoms with Gasteiger partial charge in [-0.3, -0.25) is 4.99 Å². The summed E-state index contributed by atoms with van der Waals surface area (Å²) < 4.78 is 11.1. The summed E-state index contributed by atoms with van der Waals surface area (Å²) in [5.74, 6) is 2.01. The van der Waals surface area contributed by atoms with Gasteiger partial charge in [-0.25, -0.2) is 0 Å². The van der Waals surface area contributed by atoms with Crippen molar-refractivity contribution < 1.29 is 9.26 Å². The van der Waals surface area contributed by atoms with Gasteiger partial charge in [0.2, 0.25) is 0 Å². The molecular weight excluding hydrogens is 479 g/mol. The highest BCUT2D eigenvalue weighted by Crippen LogP contribution is 2.22. The topological polar surface area (TPSA) is 71.7 Å². The van der Waals surface area contributed by atoms with E-state index < -0.39 is 0 Å². The summed E-state index contributed by atoms with van der Waals surface area (Å²) in [6.45, 7) is 10.3. The van der Waals surface area contributed by atoms with Crippen LogP contribution in [0, 0.1) is 0 Å². The molecule has 0 atom stereocenters. The molecule has 2 N–H and O–H groups in total. The van der Waals surface area contributed by atoms with Gasteiger partial charge in [0.15, 0.2) is 11.7 Å². The standard InChI is InChI=1S/C22H34N4O2.HI/c1-6-19(7-2)21-12-20(28-26-21)14-25-22(23-5)24-13-17-8-10-18(11-9-17)15-27-16(3)4;/h8-12,16,19H,6-7,13-15H2,1-5H3,(H2,23,24,25);1H. The molecular formula is C22H35IN4O2. The Hall–Kier alpha value is -1.61. The van der Waals surface area contributed by atoms with Crippen LogP contribution in [-0.2, 0) is 24.4 Å². The van der Waals surface area contributed by atoms with E-state index in [0.29, 0.717) is 25.6 Å². The fourth-order valence-corrected chi connectivity index (χ4v) is 2.91. The highest BCUT2D eigenvalue weighted by Gasteiger charge is 2.13. The SMILES string of the molecule is CCC(CC)c1cc(CNC(=NC)NCc2ccc(COC(C)C)cc2)on1.I. The van der Waals surface area contributed by atoms with Gasteiger partial charge in [-0.2, -0.15) is 0 Å². The number of benzene rings is 1. The number of guanidine groups is 1. The van der Waals surface area contributed by atoms with E-state index in [-0.39, 0.29) is 30.1 Å². The third-order valence-electron chi connectivity index (χ3n) is 4.70. The second kappa shape index (κ2) is 13.6. The highest BCUT2D eigenvalue weighted by atomic mass is 127. The third kappa shape index (κ3) is 8.74. The van der Waals surface area contributed by atoms with Crippen molar-refractivity contribution in [2.75, 3.05) is 7.05 Å². The molecule has 0 aliphatic rings. The van der Waals surface area contributed by atoms with Gasteiger partial charge in [0, 0.05) is 25.6 Å². The van der Waals surface area contributed by atoms with Gasteiger partial charge in [-0.05, 0) is 37.8 Å². The predicted molar refractivity (Wildman–Crippen MR) is 129 cm³/mol. The van der Waals surface area contributed by atoms with Crippen LogP contribution in [0.2, 0.25) is 0 Å². The lowest BCUT2D eigenvalue weighted by Crippen LogP contribution is -2.36. The second-order valence-electron chi connectivity index (χ2n) is 7.19. The summed E-state index contributed by atoms with van der Waals surface area (Å²) >= 11 is 0. The van der Waals surface area contributed by atoms with Crippen LogP contribution in [0.15, 0.2) is 39.8 Å². The van der Waals surface area contributed by atoms with E-state index in [1.54, 1.807) is 7.05 Å². The van der Waals surface area contributed by atoms with Gasteiger partial charge in [0.1, 0.15) is 0 Å². The van der Waals surface area contributed by atoms with Crippen molar-refractivity contribution >= 4 is 29.9 Å². The number of nitrogens with one attached hydrogen (secondary N) is 2. The molecule has 162 valence electrons. The number of ether oxygens (including phenoxy) is 1. The number of nitrogens with zero attached hydrogens (tertiary/aromatic N) is 2. The summed E-state index contributed by atoms with van der Waals surface area (Å²) in [5, 5.41) is 10.8. The molecule has 0 fully saturated rings. The summed E-state index contributed by atoms with van der Waals surface area (Å²) in [6.07, 6.45) is 2.38. The van der Waals surface area contributed by atoms with Gasteiger partial charge >= 0.3 is 0 Å². The first-order valence-corrected chi connectivity index (χ1v) is 10.1. The highest BCUT2D eigenvalue weighted by molar-refractivity contribution is 14.0. The Bertz CT molecular complexity index is 725. The van der Waals surface area contributed by atoms with Crippen LogP contribution in [0.4, 0.5) is 0 Å². The van der Waals surface area contributed by atoms with E-state index in [0.717, 1.165) is 30.3 Å². The van der Waals surface area contributed by atoms with Gasteiger partial charge < -0.3 is 19.9 Å². The van der Waals surface area contributed by atoms with E-state index in [1.165, 1.54) is 11.1 Å². The predicted octanol–water partition coefficient (Wildman–Crippen LogP) is 4.99. The molecule has 29 heavy (non-hydrogen) atoms. The molecule has 2 rings (SSSR count). The summed E-state index contributed by atoms with van der Waals surface area (Å²) in [7, 11) is 1.76. The van der Waals surface area contributed by atoms with Gasteiger partial charge in [-0.15, -0.1) is 24.0 Å². The third-order valence-corrected chi connectivity index (χ3v) is 4.70. The Morgan fingerprint density at radius 2 is 1.69 bits per heavy atom. The van der Waals surface area contributed by atoms with Crippen molar-refractivity contribution in [1.82, 2.24) is 15.8 Å². The maximum Gasteiger partial charge on any atom is 0.191 e. The number of aromatic nitrogens is 1. The Morgan fingerprint density at radius 3 is 2.28 bits per heavy atom. The van der Waals surface area contributed by atoms with E-state index in [4.69, 9.17) is 9.26 Å². The van der Waals surface area contributed by atoms with Crippen LogP contribution in [0.3, 0.4) is 0 Å². The van der Waals surface area contributed by atoms with Crippen LogP contribution < -0.4 is 10.6 Å². The molecule has 0 unspecified atom stereocenters. The molecule has 0 radical (unpaired) electrons. The summed E-state index contributed by atoms with van der Waals surface area (Å²) in [6, 6.07) is 10.5. The molecule has 7 heteroatoms. The molecule has 1 heterocycles. The van der Waals surface area contributed by atoms with E-state index in [2.05, 4.69) is 58.9 Å². The van der Waals surface area contributed by atoms with Crippen LogP contribution in [-0.4, -0.2) is 24.3 Å². The number of rotatable bonds is 10. The first-order chi connectivity index (χ1) is 13.5. The molecule has 0 aliphatic heterocycles. The van der Waals surface area contributed by atoms with Crippen LogP contribution in [0.5, 0.6) is 0 Å². The zero-order chi connectivity index (χ0) is 20.4. The fourth-order valence-electron chi connectivity index (χ4n) is 2.91. The van der Waals surface area contributed by atoms with E-state index >= 15 is 0 Å². The molecule has 0 spiro atoms. The van der Waals surface area contributed by atoms with Crippen molar-refractivity contribution in [3.63, 3.8) is 0 Å². The van der Waals surface area contributed by atoms with Crippen molar-refractivity contribution in [3.05, 3.63) is 52.9 Å². The number of halogens is 1. The van der Waals surface area contributed by atoms with Crippen LogP contribution in [0.25, 0.3) is 0 Å². The molecule has 1 aromatic heterocycles. The van der Waals surface area contributed by atoms with Crippen molar-refractivity contribution in [2.24, 2.45) is 4.99 Å². The maximum atomic E-state index is 5.63. The Morgan fingerprint density at radius 1 is 1.07 bits per heavy atom. The van der Waals surface area contributed by atoms with Gasteiger partial charge in [0.25, 0.3) is 0 Å². The largest absolute Gasteiger partial charge is 0.374 e. The molecule has 0 aliphatic carbocycles. The van der Waals surface area contributed by atoms with Crippen LogP contribution >= 0.6 is 24.0 Å². The van der Waals surface area contributed by atoms with Crippen LogP contribution in [0.1, 0.15) is 69.0 Å². The van der Waals surface area contributed by atoms with E-state index in [1.807, 2.05) is 19.9 Å². The van der Waals surface area contributed by atoms with Gasteiger partial charge in [-0.1, -0.05) is 43.3 Å². The van der Waals surface area contributed by atoms with Crippen molar-refractivity contribution in [1.29, 1.82) is 0 Å². The molecule has 0 saturated heterocycles. The minimum absolute atomic E-state index is 0. The molecule has 0 bridgehead atoms. The average molecular weight is 514 g/mol. The molecule has 0 saturated carbocycles. The second-order valence-corrected chi connectivity index (χ2v) is 7.19. The Kier molecular flexibility index (Phi) is 11.9. The zero-order valence-electron chi connectivity index (χ0n) is 18.2. The number of hydrogen-bond acceptors (Lipinski definition) is 4. The summed E-state index contributed by atoms with van der Waals surface area (Å²) in [5.41, 5.74) is 3.40. The van der Waals surface area contributed by atoms with E-state index in [9.17, 15) is 0 Å². The Labute approximate surface area is 191 Å². The van der Waals surface area contributed by atoms with Gasteiger partial charge in [0.05, 0.1) is 24.9 Å². The summed E-state index contributed by atoms with van der Waals surface area (Å²) in [4.78, 5) is 4.27. The van der Waals surface area contributed by atoms with Crippen molar-refractivity contribution in [2.45, 2.75) is 72.3 Å². The smallest absolute Gasteiger partial charge is 0.191 e. The number of aliphatic imine (C=N–C) groups is 1. The molecule has 2 aromatic rings. The lowest BCUT2D eigenvalue weighted by atomic mass is 9.99. The lowest BCUT2D eigenvalue weighted by Gasteiger charge is -2.12. The minimum Gasteiger partial charge on any atom is -0.374 e.